The number of hydrogen-bond acceptors (Lipinski definition) is 7. The van der Waals surface area contributed by atoms with Crippen LogP contribution in [0.25, 0.3) is 0 Å². The minimum atomic E-state index is -3.61. The standard InChI is InChI=1S/C28H40N2O3S.C28H40N2O2S/c1-27-16-15-22-20(21(27)12-13-23(27)29-18-9-10-18)11-14-24-28(22,2)25(17-26(31)30(24)3)34(32,33)19-7-5-4-6-8-19;1-27-16-15-22-20(21(27)12-13-23(27)29-18-9-10-18)11-14-24-28(22,2)25(17-26(31)30(24)3)33(32)19-7-5-4-6-8-19/h4-8,18,20-25,29H,9-17H2,1-3H3;4-8,18,20-25,29H,9-17H2,1-3H3/t20-,21-,22-,23-,24+,25?,27-,28+;20-,21-,22-,23-,24+,25?,27-,28+,33?/m00/s1. The first-order valence-corrected chi connectivity index (χ1v) is 29.5. The maximum atomic E-state index is 14.1. The number of fused-ring (bicyclic) bond motifs is 10. The summed E-state index contributed by atoms with van der Waals surface area (Å²) in [5.41, 5.74) is 0.216. The fourth-order valence-corrected chi connectivity index (χ4v) is 22.2. The van der Waals surface area contributed by atoms with E-state index in [4.69, 9.17) is 0 Å². The molecule has 0 aromatic heterocycles. The van der Waals surface area contributed by atoms with E-state index in [-0.39, 0.29) is 41.0 Å². The minimum Gasteiger partial charge on any atom is -0.342 e. The highest BCUT2D eigenvalue weighted by Gasteiger charge is 2.67. The highest BCUT2D eigenvalue weighted by atomic mass is 32.2. The van der Waals surface area contributed by atoms with E-state index in [1.165, 1.54) is 77.0 Å². The quantitative estimate of drug-likeness (QED) is 0.271. The van der Waals surface area contributed by atoms with Crippen LogP contribution in [-0.2, 0) is 30.2 Å². The summed E-state index contributed by atoms with van der Waals surface area (Å²) in [4.78, 5) is 31.3. The normalized spacial score (nSPS) is 45.0. The molecule has 10 aliphatic rings. The summed E-state index contributed by atoms with van der Waals surface area (Å²) in [6.45, 7) is 9.75. The number of nitrogens with zero attached hydrogens (tertiary/aromatic N) is 2. The number of rotatable bonds is 8. The van der Waals surface area contributed by atoms with Gasteiger partial charge in [0.2, 0.25) is 11.8 Å². The second-order valence-corrected chi connectivity index (χ2v) is 28.5. The van der Waals surface area contributed by atoms with Crippen LogP contribution < -0.4 is 10.6 Å². The fraction of sp³-hybridized carbons (Fsp3) is 0.750. The minimum absolute atomic E-state index is 0.00429. The van der Waals surface area contributed by atoms with Crippen LogP contribution in [0.2, 0.25) is 0 Å². The lowest BCUT2D eigenvalue weighted by atomic mass is 9.47. The van der Waals surface area contributed by atoms with Crippen molar-refractivity contribution in [3.05, 3.63) is 60.7 Å². The lowest BCUT2D eigenvalue weighted by Crippen LogP contribution is -2.68. The fourth-order valence-electron chi connectivity index (χ4n) is 18.1. The third-order valence-electron chi connectivity index (χ3n) is 22.0. The van der Waals surface area contributed by atoms with E-state index in [0.717, 1.165) is 48.6 Å². The van der Waals surface area contributed by atoms with E-state index in [9.17, 15) is 22.2 Å². The summed E-state index contributed by atoms with van der Waals surface area (Å²) in [5, 5.41) is 7.25. The third kappa shape index (κ3) is 7.43. The lowest BCUT2D eigenvalue weighted by molar-refractivity contribution is -0.156. The Labute approximate surface area is 404 Å². The molecule has 0 spiro atoms. The van der Waals surface area contributed by atoms with E-state index in [0.29, 0.717) is 63.8 Å². The summed E-state index contributed by atoms with van der Waals surface area (Å²) in [6, 6.07) is 21.8. The number of piperidine rings is 2. The SMILES string of the molecule is CN1C(=O)CC(S(=O)(=O)c2ccccc2)[C@]2(C)[C@H]3CC[C@]4(C)[C@@H](NC5CC5)CC[C@H]4[C@@H]3CC[C@@H]12.CN1C(=O)CC(S(=O)c2ccccc2)[C@]2(C)[C@H]3CC[C@]4(C)[C@@H](NC5CC5)CC[C@H]4[C@@H]3CC[C@@H]12. The topological polar surface area (TPSA) is 116 Å². The van der Waals surface area contributed by atoms with Gasteiger partial charge in [-0.2, -0.15) is 0 Å². The summed E-state index contributed by atoms with van der Waals surface area (Å²) < 4.78 is 42.1. The molecule has 2 saturated heterocycles. The first kappa shape index (κ1) is 46.8. The van der Waals surface area contributed by atoms with Crippen molar-refractivity contribution in [3.8, 4) is 0 Å². The molecule has 0 radical (unpaired) electrons. The number of likely N-dealkylation sites (tertiary alicyclic amines) is 2. The molecule has 17 atom stereocenters. The molecule has 3 unspecified atom stereocenters. The molecule has 8 aliphatic carbocycles. The molecule has 366 valence electrons. The molecule has 9 nitrogen and oxygen atoms in total. The molecule has 11 heteroatoms. The number of benzene rings is 2. The van der Waals surface area contributed by atoms with Gasteiger partial charge in [-0.25, -0.2) is 8.42 Å². The van der Waals surface area contributed by atoms with Crippen LogP contribution in [0.3, 0.4) is 0 Å². The van der Waals surface area contributed by atoms with Gasteiger partial charge < -0.3 is 20.4 Å². The van der Waals surface area contributed by atoms with Crippen molar-refractivity contribution < 1.29 is 22.2 Å². The molecule has 67 heavy (non-hydrogen) atoms. The van der Waals surface area contributed by atoms with Gasteiger partial charge in [0.15, 0.2) is 9.84 Å². The van der Waals surface area contributed by atoms with E-state index in [2.05, 4.69) is 38.3 Å². The van der Waals surface area contributed by atoms with Crippen molar-refractivity contribution in [2.24, 2.45) is 57.2 Å². The average molecular weight is 953 g/mol. The summed E-state index contributed by atoms with van der Waals surface area (Å²) in [7, 11) is -0.858. The molecule has 10 fully saturated rings. The van der Waals surface area contributed by atoms with Gasteiger partial charge in [0.25, 0.3) is 0 Å². The van der Waals surface area contributed by atoms with Gasteiger partial charge in [0, 0.05) is 78.9 Å². The molecule has 2 amide bonds. The molecule has 2 heterocycles. The predicted molar refractivity (Wildman–Crippen MR) is 265 cm³/mol. The van der Waals surface area contributed by atoms with Crippen molar-refractivity contribution in [3.63, 3.8) is 0 Å². The number of nitrogens with one attached hydrogen (secondary N) is 2. The monoisotopic (exact) mass is 953 g/mol. The van der Waals surface area contributed by atoms with Crippen LogP contribution >= 0.6 is 0 Å². The van der Waals surface area contributed by atoms with Crippen LogP contribution in [0.4, 0.5) is 0 Å². The number of sulfone groups is 1. The second kappa shape index (κ2) is 17.0. The van der Waals surface area contributed by atoms with Gasteiger partial charge in [-0.3, -0.25) is 13.8 Å². The molecule has 12 rings (SSSR count). The van der Waals surface area contributed by atoms with Gasteiger partial charge in [-0.05, 0) is 173 Å². The summed E-state index contributed by atoms with van der Waals surface area (Å²) >= 11 is 0. The molecule has 2 aliphatic heterocycles. The average Bonchev–Trinajstić information content (AvgIpc) is 4.26. The zero-order chi connectivity index (χ0) is 46.8. The van der Waals surface area contributed by atoms with Crippen LogP contribution in [0.15, 0.2) is 70.5 Å². The van der Waals surface area contributed by atoms with Crippen LogP contribution in [0, 0.1) is 57.2 Å². The Morgan fingerprint density at radius 2 is 1.01 bits per heavy atom. The molecule has 2 N–H and O–H groups in total. The van der Waals surface area contributed by atoms with Crippen molar-refractivity contribution in [1.29, 1.82) is 0 Å². The Hall–Kier alpha value is -2.60. The highest BCUT2D eigenvalue weighted by Crippen LogP contribution is 2.67. The number of carbonyl (C=O) groups excluding carboxylic acids is 2. The summed E-state index contributed by atoms with van der Waals surface area (Å²) in [6.07, 6.45) is 20.1. The number of carbonyl (C=O) groups is 2. The predicted octanol–water partition coefficient (Wildman–Crippen LogP) is 9.18. The molecule has 2 aromatic carbocycles. The highest BCUT2D eigenvalue weighted by molar-refractivity contribution is 7.92. The van der Waals surface area contributed by atoms with Gasteiger partial charge in [-0.1, -0.05) is 64.1 Å². The second-order valence-electron chi connectivity index (χ2n) is 24.8. The lowest BCUT2D eigenvalue weighted by Gasteiger charge is -2.63. The Kier molecular flexibility index (Phi) is 11.9. The van der Waals surface area contributed by atoms with Gasteiger partial charge in [0.05, 0.1) is 26.2 Å². The number of hydrogen-bond donors (Lipinski definition) is 2. The molecular weight excluding hydrogens is 873 g/mol. The molecule has 2 aromatic rings. The molecule has 0 bridgehead atoms. The largest absolute Gasteiger partial charge is 0.342 e. The van der Waals surface area contributed by atoms with Crippen molar-refractivity contribution in [1.82, 2.24) is 20.4 Å². The smallest absolute Gasteiger partial charge is 0.223 e. The zero-order valence-corrected chi connectivity index (χ0v) is 43.0. The van der Waals surface area contributed by atoms with Gasteiger partial charge >= 0.3 is 0 Å². The van der Waals surface area contributed by atoms with Crippen molar-refractivity contribution in [2.45, 2.75) is 200 Å². The van der Waals surface area contributed by atoms with E-state index in [1.807, 2.05) is 60.3 Å². The Morgan fingerprint density at radius 3 is 1.52 bits per heavy atom. The van der Waals surface area contributed by atoms with Crippen LogP contribution in [0.1, 0.15) is 143 Å². The van der Waals surface area contributed by atoms with E-state index < -0.39 is 31.3 Å². The first-order chi connectivity index (χ1) is 32.0. The van der Waals surface area contributed by atoms with Crippen LogP contribution in [-0.4, -0.2) is 95.1 Å². The Balaban J connectivity index is 0.000000148. The number of amides is 2. The van der Waals surface area contributed by atoms with Crippen molar-refractivity contribution >= 4 is 32.5 Å². The Bertz CT molecular complexity index is 2340. The van der Waals surface area contributed by atoms with Crippen LogP contribution in [0.5, 0.6) is 0 Å². The first-order valence-electron chi connectivity index (χ1n) is 26.8. The molecular formula is C56H80N4O5S2. The van der Waals surface area contributed by atoms with E-state index in [1.54, 1.807) is 24.3 Å². The maximum absolute atomic E-state index is 14.1. The molecule has 8 saturated carbocycles. The van der Waals surface area contributed by atoms with Gasteiger partial charge in [0.1, 0.15) is 0 Å². The Morgan fingerprint density at radius 1 is 0.552 bits per heavy atom. The third-order valence-corrected chi connectivity index (χ3v) is 26.3. The maximum Gasteiger partial charge on any atom is 0.223 e. The zero-order valence-electron chi connectivity index (χ0n) is 41.3. The van der Waals surface area contributed by atoms with Crippen molar-refractivity contribution in [2.75, 3.05) is 14.1 Å². The summed E-state index contributed by atoms with van der Waals surface area (Å²) in [5.74, 6) is 3.75. The van der Waals surface area contributed by atoms with E-state index >= 15 is 0 Å². The van der Waals surface area contributed by atoms with Gasteiger partial charge in [-0.15, -0.1) is 0 Å².